The molecular formula is C8H11FN2O2. The van der Waals surface area contributed by atoms with Crippen molar-refractivity contribution >= 4 is 5.97 Å². The second-order valence-electron chi connectivity index (χ2n) is 2.67. The van der Waals surface area contributed by atoms with Gasteiger partial charge in [-0.05, 0) is 13.3 Å². The molecule has 0 aliphatic rings. The molecule has 72 valence electrons. The van der Waals surface area contributed by atoms with Crippen molar-refractivity contribution in [2.24, 2.45) is 0 Å². The molecule has 1 N–H and O–H groups in total. The minimum Gasteiger partial charge on any atom is -0.481 e. The minimum atomic E-state index is -0.927. The van der Waals surface area contributed by atoms with Gasteiger partial charge in [0, 0.05) is 18.5 Å². The molecule has 1 aromatic rings. The molecule has 0 unspecified atom stereocenters. The van der Waals surface area contributed by atoms with Crippen molar-refractivity contribution in [1.82, 2.24) is 9.78 Å². The van der Waals surface area contributed by atoms with Crippen molar-refractivity contribution in [1.29, 1.82) is 0 Å². The lowest BCUT2D eigenvalue weighted by atomic mass is 10.2. The van der Waals surface area contributed by atoms with Crippen LogP contribution in [0.1, 0.15) is 18.9 Å². The molecule has 0 aromatic carbocycles. The van der Waals surface area contributed by atoms with Crippen molar-refractivity contribution in [3.05, 3.63) is 17.7 Å². The maximum atomic E-state index is 13.2. The highest BCUT2D eigenvalue weighted by atomic mass is 19.1. The van der Waals surface area contributed by atoms with Crippen LogP contribution in [-0.4, -0.2) is 20.9 Å². The zero-order chi connectivity index (χ0) is 9.84. The number of nitrogens with zero attached hydrogens (tertiary/aromatic N) is 2. The zero-order valence-corrected chi connectivity index (χ0v) is 7.33. The lowest BCUT2D eigenvalue weighted by Gasteiger charge is -1.96. The summed E-state index contributed by atoms with van der Waals surface area (Å²) in [5.74, 6) is -1.35. The zero-order valence-electron chi connectivity index (χ0n) is 7.33. The van der Waals surface area contributed by atoms with E-state index < -0.39 is 11.9 Å². The van der Waals surface area contributed by atoms with E-state index in [0.717, 1.165) is 0 Å². The quantitative estimate of drug-likeness (QED) is 0.764. The molecule has 0 spiro atoms. The Morgan fingerprint density at radius 2 is 2.46 bits per heavy atom. The van der Waals surface area contributed by atoms with Gasteiger partial charge in [0.1, 0.15) is 0 Å². The molecule has 0 fully saturated rings. The number of rotatable bonds is 4. The summed E-state index contributed by atoms with van der Waals surface area (Å²) in [7, 11) is 0. The number of hydrogen-bond acceptors (Lipinski definition) is 2. The molecule has 0 bridgehead atoms. The highest BCUT2D eigenvalue weighted by Crippen LogP contribution is 2.08. The second kappa shape index (κ2) is 4.02. The molecule has 0 radical (unpaired) electrons. The normalized spacial score (nSPS) is 10.3. The average Bonchev–Trinajstić information content (AvgIpc) is 2.43. The Morgan fingerprint density at radius 1 is 1.77 bits per heavy atom. The van der Waals surface area contributed by atoms with Gasteiger partial charge in [-0.15, -0.1) is 0 Å². The molecule has 0 aliphatic heterocycles. The molecule has 0 saturated heterocycles. The summed E-state index contributed by atoms with van der Waals surface area (Å²) in [6.07, 6.45) is 1.51. The molecule has 4 nitrogen and oxygen atoms in total. The number of aryl methyl sites for hydroxylation is 2. The summed E-state index contributed by atoms with van der Waals surface area (Å²) in [4.78, 5) is 10.2. The Kier molecular flexibility index (Phi) is 3.00. The highest BCUT2D eigenvalue weighted by Gasteiger charge is 2.09. The molecule has 1 heterocycles. The van der Waals surface area contributed by atoms with Crippen LogP contribution < -0.4 is 0 Å². The first kappa shape index (κ1) is 9.70. The van der Waals surface area contributed by atoms with Gasteiger partial charge < -0.3 is 5.11 Å². The Balaban J connectivity index is 2.67. The van der Waals surface area contributed by atoms with Gasteiger partial charge in [0.15, 0.2) is 0 Å². The molecular weight excluding hydrogens is 175 g/mol. The molecule has 1 aromatic heterocycles. The number of aromatic nitrogens is 2. The van der Waals surface area contributed by atoms with Crippen LogP contribution in [0.25, 0.3) is 0 Å². The number of hydrogen-bond donors (Lipinski definition) is 1. The first-order valence-corrected chi connectivity index (χ1v) is 4.07. The predicted octanol–water partition coefficient (Wildman–Crippen LogP) is 1.06. The van der Waals surface area contributed by atoms with Gasteiger partial charge in [0.05, 0.1) is 6.20 Å². The number of carboxylic acid groups (broad SMARTS) is 1. The summed E-state index contributed by atoms with van der Waals surface area (Å²) >= 11 is 0. The summed E-state index contributed by atoms with van der Waals surface area (Å²) in [5, 5.41) is 12.1. The summed E-state index contributed by atoms with van der Waals surface area (Å²) in [6.45, 7) is 2.23. The van der Waals surface area contributed by atoms with Gasteiger partial charge in [-0.2, -0.15) is 9.49 Å². The third kappa shape index (κ3) is 2.27. The van der Waals surface area contributed by atoms with Crippen LogP contribution in [0.5, 0.6) is 0 Å². The molecule has 13 heavy (non-hydrogen) atoms. The lowest BCUT2D eigenvalue weighted by molar-refractivity contribution is -0.136. The largest absolute Gasteiger partial charge is 0.481 e. The Labute approximate surface area is 75.0 Å². The van der Waals surface area contributed by atoms with Crippen molar-refractivity contribution < 1.29 is 14.3 Å². The lowest BCUT2D eigenvalue weighted by Crippen LogP contribution is -2.02. The SMILES string of the molecule is CCn1ncc(CCC(=O)O)c1F. The molecule has 0 saturated carbocycles. The van der Waals surface area contributed by atoms with Crippen LogP contribution in [0.3, 0.4) is 0 Å². The highest BCUT2D eigenvalue weighted by molar-refractivity contribution is 5.67. The van der Waals surface area contributed by atoms with Crippen molar-refractivity contribution in [3.63, 3.8) is 0 Å². The van der Waals surface area contributed by atoms with Crippen LogP contribution in [0.15, 0.2) is 6.20 Å². The summed E-state index contributed by atoms with van der Waals surface area (Å²) in [6, 6.07) is 0. The molecule has 5 heteroatoms. The fourth-order valence-electron chi connectivity index (χ4n) is 1.04. The van der Waals surface area contributed by atoms with Gasteiger partial charge in [-0.3, -0.25) is 4.79 Å². The van der Waals surface area contributed by atoms with Crippen molar-refractivity contribution in [3.8, 4) is 0 Å². The maximum Gasteiger partial charge on any atom is 0.303 e. The maximum absolute atomic E-state index is 13.2. The first-order chi connectivity index (χ1) is 6.15. The van der Waals surface area contributed by atoms with E-state index in [-0.39, 0.29) is 12.8 Å². The van der Waals surface area contributed by atoms with E-state index in [1.54, 1.807) is 6.92 Å². The Bertz CT molecular complexity index is 309. The van der Waals surface area contributed by atoms with Gasteiger partial charge in [0.25, 0.3) is 0 Å². The van der Waals surface area contributed by atoms with E-state index in [2.05, 4.69) is 5.10 Å². The van der Waals surface area contributed by atoms with Crippen LogP contribution in [0, 0.1) is 5.95 Å². The van der Waals surface area contributed by atoms with Gasteiger partial charge in [-0.25, -0.2) is 4.68 Å². The van der Waals surface area contributed by atoms with Crippen molar-refractivity contribution in [2.75, 3.05) is 0 Å². The predicted molar refractivity (Wildman–Crippen MR) is 43.8 cm³/mol. The van der Waals surface area contributed by atoms with E-state index in [1.165, 1.54) is 10.9 Å². The van der Waals surface area contributed by atoms with E-state index in [4.69, 9.17) is 5.11 Å². The Hall–Kier alpha value is -1.39. The van der Waals surface area contributed by atoms with Crippen LogP contribution in [0.4, 0.5) is 4.39 Å². The van der Waals surface area contributed by atoms with Crippen molar-refractivity contribution in [2.45, 2.75) is 26.3 Å². The monoisotopic (exact) mass is 186 g/mol. The fourth-order valence-corrected chi connectivity index (χ4v) is 1.04. The third-order valence-corrected chi connectivity index (χ3v) is 1.75. The molecule has 0 aliphatic carbocycles. The van der Waals surface area contributed by atoms with E-state index in [0.29, 0.717) is 12.1 Å². The standard InChI is InChI=1S/C8H11FN2O2/c1-2-11-8(9)6(5-10-11)3-4-7(12)13/h5H,2-4H2,1H3,(H,12,13). The summed E-state index contributed by atoms with van der Waals surface area (Å²) in [5.41, 5.74) is 0.365. The van der Waals surface area contributed by atoms with Crippen LogP contribution >= 0.6 is 0 Å². The molecule has 1 rings (SSSR count). The molecule has 0 amide bonds. The number of carbonyl (C=O) groups is 1. The smallest absolute Gasteiger partial charge is 0.303 e. The van der Waals surface area contributed by atoms with Gasteiger partial charge in [0.2, 0.25) is 5.95 Å². The fraction of sp³-hybridized carbons (Fsp3) is 0.500. The second-order valence-corrected chi connectivity index (χ2v) is 2.67. The first-order valence-electron chi connectivity index (χ1n) is 4.07. The van der Waals surface area contributed by atoms with Gasteiger partial charge in [-0.1, -0.05) is 0 Å². The number of carboxylic acids is 1. The van der Waals surface area contributed by atoms with Gasteiger partial charge >= 0.3 is 5.97 Å². The number of aliphatic carboxylic acids is 1. The Morgan fingerprint density at radius 3 is 2.92 bits per heavy atom. The van der Waals surface area contributed by atoms with Crippen LogP contribution in [0.2, 0.25) is 0 Å². The van der Waals surface area contributed by atoms with E-state index in [1.807, 2.05) is 0 Å². The van der Waals surface area contributed by atoms with E-state index in [9.17, 15) is 9.18 Å². The number of halogens is 1. The van der Waals surface area contributed by atoms with E-state index >= 15 is 0 Å². The summed E-state index contributed by atoms with van der Waals surface area (Å²) < 4.78 is 14.4. The molecule has 0 atom stereocenters. The topological polar surface area (TPSA) is 55.1 Å². The average molecular weight is 186 g/mol. The third-order valence-electron chi connectivity index (χ3n) is 1.75. The minimum absolute atomic E-state index is 0.0632. The van der Waals surface area contributed by atoms with Crippen LogP contribution in [-0.2, 0) is 17.8 Å².